The van der Waals surface area contributed by atoms with Gasteiger partial charge >= 0.3 is 0 Å². The van der Waals surface area contributed by atoms with Gasteiger partial charge in [-0.05, 0) is 19.3 Å². The molecule has 3 nitrogen and oxygen atoms in total. The van der Waals surface area contributed by atoms with Crippen LogP contribution in [0.3, 0.4) is 0 Å². The number of amidine groups is 1. The molecule has 0 aliphatic heterocycles. The molecule has 1 rings (SSSR count). The Hall–Kier alpha value is -0.990. The fraction of sp³-hybridized carbons (Fsp3) is 0.625. The Bertz CT molecular complexity index is 190. The fourth-order valence-electron chi connectivity index (χ4n) is 0.868. The molecule has 0 saturated heterocycles. The predicted molar refractivity (Wildman–Crippen MR) is 47.2 cm³/mol. The van der Waals surface area contributed by atoms with E-state index in [-0.39, 0.29) is 0 Å². The Morgan fingerprint density at radius 1 is 1.64 bits per heavy atom. The maximum atomic E-state index is 5.68. The molecule has 1 aliphatic carbocycles. The lowest BCUT2D eigenvalue weighted by molar-refractivity contribution is 1.04. The average molecular weight is 153 g/mol. The van der Waals surface area contributed by atoms with E-state index in [0.29, 0.717) is 11.9 Å². The minimum atomic E-state index is 0.483. The van der Waals surface area contributed by atoms with E-state index in [1.165, 1.54) is 12.8 Å². The van der Waals surface area contributed by atoms with Gasteiger partial charge in [-0.15, -0.1) is 0 Å². The van der Waals surface area contributed by atoms with Gasteiger partial charge in [0.1, 0.15) is 5.84 Å². The SMILES string of the molecule is CCC(=CN)C(N)=NC1CC1. The van der Waals surface area contributed by atoms with Crippen LogP contribution in [0, 0.1) is 0 Å². The Morgan fingerprint density at radius 3 is 2.64 bits per heavy atom. The van der Waals surface area contributed by atoms with Crippen molar-refractivity contribution in [3.63, 3.8) is 0 Å². The van der Waals surface area contributed by atoms with Crippen molar-refractivity contribution >= 4 is 5.84 Å². The van der Waals surface area contributed by atoms with Gasteiger partial charge in [0.2, 0.25) is 0 Å². The molecule has 0 bridgehead atoms. The molecule has 11 heavy (non-hydrogen) atoms. The molecule has 0 radical (unpaired) electrons. The zero-order valence-electron chi connectivity index (χ0n) is 6.88. The number of hydrogen-bond acceptors (Lipinski definition) is 2. The molecule has 0 aromatic rings. The van der Waals surface area contributed by atoms with Crippen LogP contribution in [-0.2, 0) is 0 Å². The van der Waals surface area contributed by atoms with Crippen LogP contribution in [0.1, 0.15) is 26.2 Å². The Morgan fingerprint density at radius 2 is 2.27 bits per heavy atom. The fourth-order valence-corrected chi connectivity index (χ4v) is 0.868. The van der Waals surface area contributed by atoms with E-state index in [1.54, 1.807) is 6.20 Å². The van der Waals surface area contributed by atoms with Crippen LogP contribution in [0.15, 0.2) is 16.8 Å². The minimum Gasteiger partial charge on any atom is -0.404 e. The lowest BCUT2D eigenvalue weighted by Gasteiger charge is -2.01. The highest BCUT2D eigenvalue weighted by molar-refractivity contribution is 5.96. The standard InChI is InChI=1S/C8H15N3/c1-2-6(5-9)8(10)11-7-3-4-7/h5,7H,2-4,9H2,1H3,(H2,10,11). The van der Waals surface area contributed by atoms with Crippen molar-refractivity contribution < 1.29 is 0 Å². The monoisotopic (exact) mass is 153 g/mol. The van der Waals surface area contributed by atoms with Gasteiger partial charge in [0, 0.05) is 11.8 Å². The molecule has 1 fully saturated rings. The van der Waals surface area contributed by atoms with Gasteiger partial charge < -0.3 is 11.5 Å². The number of nitrogens with zero attached hydrogens (tertiary/aromatic N) is 1. The maximum absolute atomic E-state index is 5.68. The summed E-state index contributed by atoms with van der Waals surface area (Å²) in [5, 5.41) is 0. The number of hydrogen-bond donors (Lipinski definition) is 2. The van der Waals surface area contributed by atoms with Crippen LogP contribution < -0.4 is 11.5 Å². The molecular formula is C8H15N3. The van der Waals surface area contributed by atoms with E-state index in [1.807, 2.05) is 6.92 Å². The molecule has 0 aromatic heterocycles. The van der Waals surface area contributed by atoms with E-state index < -0.39 is 0 Å². The van der Waals surface area contributed by atoms with Crippen LogP contribution >= 0.6 is 0 Å². The van der Waals surface area contributed by atoms with E-state index in [0.717, 1.165) is 12.0 Å². The highest BCUT2D eigenvalue weighted by atomic mass is 14.9. The molecule has 62 valence electrons. The Balaban J connectivity index is 2.55. The van der Waals surface area contributed by atoms with E-state index >= 15 is 0 Å². The second-order valence-electron chi connectivity index (χ2n) is 2.79. The summed E-state index contributed by atoms with van der Waals surface area (Å²) in [7, 11) is 0. The van der Waals surface area contributed by atoms with Crippen LogP contribution in [-0.4, -0.2) is 11.9 Å². The molecule has 1 saturated carbocycles. The van der Waals surface area contributed by atoms with Crippen molar-refractivity contribution in [3.05, 3.63) is 11.8 Å². The predicted octanol–water partition coefficient (Wildman–Crippen LogP) is 0.759. The highest BCUT2D eigenvalue weighted by Crippen LogP contribution is 2.23. The zero-order valence-corrected chi connectivity index (χ0v) is 6.88. The number of nitrogens with two attached hydrogens (primary N) is 2. The first-order valence-electron chi connectivity index (χ1n) is 4.02. The summed E-state index contributed by atoms with van der Waals surface area (Å²) in [6.45, 7) is 2.02. The third kappa shape index (κ3) is 2.26. The van der Waals surface area contributed by atoms with Gasteiger partial charge in [-0.3, -0.25) is 4.99 Å². The summed E-state index contributed by atoms with van der Waals surface area (Å²) in [6, 6.07) is 0.483. The zero-order chi connectivity index (χ0) is 8.27. The normalized spacial score (nSPS) is 20.5. The van der Waals surface area contributed by atoms with Crippen molar-refractivity contribution in [2.75, 3.05) is 0 Å². The molecule has 0 unspecified atom stereocenters. The third-order valence-electron chi connectivity index (χ3n) is 1.78. The van der Waals surface area contributed by atoms with Crippen molar-refractivity contribution in [1.29, 1.82) is 0 Å². The molecule has 0 amide bonds. The van der Waals surface area contributed by atoms with Crippen LogP contribution in [0.25, 0.3) is 0 Å². The largest absolute Gasteiger partial charge is 0.404 e. The maximum Gasteiger partial charge on any atom is 0.123 e. The van der Waals surface area contributed by atoms with Crippen molar-refractivity contribution in [1.82, 2.24) is 0 Å². The quantitative estimate of drug-likeness (QED) is 0.464. The smallest absolute Gasteiger partial charge is 0.123 e. The third-order valence-corrected chi connectivity index (χ3v) is 1.78. The average Bonchev–Trinajstić information content (AvgIpc) is 2.74. The Kier molecular flexibility index (Phi) is 2.52. The number of rotatable bonds is 3. The van der Waals surface area contributed by atoms with Crippen LogP contribution in [0.2, 0.25) is 0 Å². The first-order chi connectivity index (χ1) is 5.27. The van der Waals surface area contributed by atoms with Gasteiger partial charge in [0.25, 0.3) is 0 Å². The van der Waals surface area contributed by atoms with E-state index in [2.05, 4.69) is 4.99 Å². The van der Waals surface area contributed by atoms with Gasteiger partial charge in [-0.1, -0.05) is 6.92 Å². The van der Waals surface area contributed by atoms with Crippen molar-refractivity contribution in [2.24, 2.45) is 16.5 Å². The van der Waals surface area contributed by atoms with E-state index in [9.17, 15) is 0 Å². The first-order valence-corrected chi connectivity index (χ1v) is 4.02. The summed E-state index contributed by atoms with van der Waals surface area (Å²) in [6.07, 6.45) is 4.77. The molecule has 0 aromatic carbocycles. The molecule has 0 spiro atoms. The van der Waals surface area contributed by atoms with Crippen LogP contribution in [0.4, 0.5) is 0 Å². The van der Waals surface area contributed by atoms with Gasteiger partial charge in [-0.2, -0.15) is 0 Å². The summed E-state index contributed by atoms with van der Waals surface area (Å²) in [5.41, 5.74) is 12.0. The topological polar surface area (TPSA) is 64.4 Å². The second-order valence-corrected chi connectivity index (χ2v) is 2.79. The minimum absolute atomic E-state index is 0.483. The van der Waals surface area contributed by atoms with E-state index in [4.69, 9.17) is 11.5 Å². The molecule has 3 heteroatoms. The summed E-state index contributed by atoms with van der Waals surface area (Å²) < 4.78 is 0. The molecular weight excluding hydrogens is 138 g/mol. The summed E-state index contributed by atoms with van der Waals surface area (Å²) in [4.78, 5) is 4.28. The van der Waals surface area contributed by atoms with Crippen LogP contribution in [0.5, 0.6) is 0 Å². The summed E-state index contributed by atoms with van der Waals surface area (Å²) >= 11 is 0. The van der Waals surface area contributed by atoms with Gasteiger partial charge in [0.15, 0.2) is 0 Å². The first kappa shape index (κ1) is 8.11. The second kappa shape index (κ2) is 3.42. The summed E-state index contributed by atoms with van der Waals surface area (Å²) in [5.74, 6) is 0.623. The Labute approximate surface area is 67.2 Å². The lowest BCUT2D eigenvalue weighted by atomic mass is 10.2. The lowest BCUT2D eigenvalue weighted by Crippen LogP contribution is -2.16. The van der Waals surface area contributed by atoms with Crippen molar-refractivity contribution in [3.8, 4) is 0 Å². The van der Waals surface area contributed by atoms with Gasteiger partial charge in [-0.25, -0.2) is 0 Å². The molecule has 1 aliphatic rings. The number of aliphatic imine (C=N–C) groups is 1. The van der Waals surface area contributed by atoms with Crippen molar-refractivity contribution in [2.45, 2.75) is 32.2 Å². The molecule has 0 heterocycles. The van der Waals surface area contributed by atoms with Gasteiger partial charge in [0.05, 0.1) is 6.04 Å². The highest BCUT2D eigenvalue weighted by Gasteiger charge is 2.20. The molecule has 0 atom stereocenters. The molecule has 4 N–H and O–H groups in total.